The standard InChI is InChI=1S/C24H20N4O4/c1-14-6-8-15(9-7-14)13-28-21(29)17-4-2-3-5-18(17)24(28,32)16-10-11-19-20(12-16)26-22(25-19)27-23(30)31/h2-12,32H,13H2,1H3,(H,30,31)(H2,25,26,27). The zero-order valence-corrected chi connectivity index (χ0v) is 17.2. The van der Waals surface area contributed by atoms with Crippen LogP contribution in [0.3, 0.4) is 0 Å². The number of fused-ring (bicyclic) bond motifs is 2. The van der Waals surface area contributed by atoms with E-state index >= 15 is 0 Å². The van der Waals surface area contributed by atoms with E-state index in [1.165, 1.54) is 4.90 Å². The molecule has 2 amide bonds. The van der Waals surface area contributed by atoms with Gasteiger partial charge in [-0.1, -0.05) is 54.1 Å². The third kappa shape index (κ3) is 3.09. The number of benzene rings is 3. The molecule has 1 unspecified atom stereocenters. The third-order valence-electron chi connectivity index (χ3n) is 5.74. The van der Waals surface area contributed by atoms with Crippen molar-refractivity contribution in [3.05, 3.63) is 94.5 Å². The number of anilines is 1. The number of carbonyl (C=O) groups is 2. The van der Waals surface area contributed by atoms with Gasteiger partial charge in [-0.05, 0) is 30.7 Å². The number of aryl methyl sites for hydroxylation is 1. The number of H-pyrrole nitrogens is 1. The number of aromatic nitrogens is 2. The molecule has 5 rings (SSSR count). The molecule has 1 atom stereocenters. The highest BCUT2D eigenvalue weighted by Crippen LogP contribution is 2.43. The van der Waals surface area contributed by atoms with Gasteiger partial charge in [-0.25, -0.2) is 9.78 Å². The monoisotopic (exact) mass is 428 g/mol. The minimum atomic E-state index is -1.70. The molecule has 2 heterocycles. The van der Waals surface area contributed by atoms with Gasteiger partial charge in [0.15, 0.2) is 5.72 Å². The number of carboxylic acid groups (broad SMARTS) is 1. The molecule has 0 fully saturated rings. The first kappa shape index (κ1) is 19.8. The summed E-state index contributed by atoms with van der Waals surface area (Å²) in [6, 6.07) is 19.9. The molecule has 0 bridgehead atoms. The quantitative estimate of drug-likeness (QED) is 0.394. The summed E-state index contributed by atoms with van der Waals surface area (Å²) in [5, 5.41) is 23.2. The highest BCUT2D eigenvalue weighted by atomic mass is 16.4. The maximum Gasteiger partial charge on any atom is 0.411 e. The number of imidazole rings is 1. The van der Waals surface area contributed by atoms with Crippen molar-refractivity contribution in [2.45, 2.75) is 19.2 Å². The second kappa shape index (κ2) is 7.21. The summed E-state index contributed by atoms with van der Waals surface area (Å²) in [4.78, 5) is 32.8. The highest BCUT2D eigenvalue weighted by molar-refractivity contribution is 6.00. The third-order valence-corrected chi connectivity index (χ3v) is 5.74. The van der Waals surface area contributed by atoms with Gasteiger partial charge in [0.05, 0.1) is 11.0 Å². The minimum Gasteiger partial charge on any atom is -0.465 e. The van der Waals surface area contributed by atoms with Crippen LogP contribution >= 0.6 is 0 Å². The average molecular weight is 428 g/mol. The summed E-state index contributed by atoms with van der Waals surface area (Å²) in [5.74, 6) is -0.183. The van der Waals surface area contributed by atoms with Crippen molar-refractivity contribution >= 4 is 29.0 Å². The van der Waals surface area contributed by atoms with E-state index in [-0.39, 0.29) is 18.4 Å². The average Bonchev–Trinajstić information content (AvgIpc) is 3.27. The van der Waals surface area contributed by atoms with Crippen molar-refractivity contribution < 1.29 is 19.8 Å². The molecule has 3 aromatic carbocycles. The van der Waals surface area contributed by atoms with Crippen LogP contribution < -0.4 is 5.32 Å². The Morgan fingerprint density at radius 3 is 2.62 bits per heavy atom. The Labute approximate surface area is 183 Å². The van der Waals surface area contributed by atoms with Crippen LogP contribution in [0.25, 0.3) is 11.0 Å². The van der Waals surface area contributed by atoms with E-state index in [9.17, 15) is 14.7 Å². The second-order valence-corrected chi connectivity index (χ2v) is 7.84. The molecule has 0 saturated heterocycles. The normalized spacial score (nSPS) is 17.6. The fourth-order valence-corrected chi connectivity index (χ4v) is 4.17. The van der Waals surface area contributed by atoms with E-state index < -0.39 is 11.8 Å². The Balaban J connectivity index is 1.63. The lowest BCUT2D eigenvalue weighted by Crippen LogP contribution is -2.44. The van der Waals surface area contributed by atoms with Crippen LogP contribution in [0.4, 0.5) is 10.7 Å². The van der Waals surface area contributed by atoms with Crippen molar-refractivity contribution in [2.24, 2.45) is 0 Å². The van der Waals surface area contributed by atoms with Gasteiger partial charge in [0, 0.05) is 23.2 Å². The van der Waals surface area contributed by atoms with E-state index in [1.807, 2.05) is 31.2 Å². The first-order chi connectivity index (χ1) is 15.4. The van der Waals surface area contributed by atoms with Crippen LogP contribution in [-0.2, 0) is 12.3 Å². The SMILES string of the molecule is Cc1ccc(CN2C(=O)c3ccccc3C2(O)c2ccc3nc(NC(=O)O)[nH]c3c2)cc1. The van der Waals surface area contributed by atoms with E-state index in [1.54, 1.807) is 42.5 Å². The number of hydrogen-bond donors (Lipinski definition) is 4. The molecule has 4 N–H and O–H groups in total. The Hall–Kier alpha value is -4.17. The second-order valence-electron chi connectivity index (χ2n) is 7.84. The number of carbonyl (C=O) groups excluding carboxylic acids is 1. The number of aliphatic hydroxyl groups is 1. The van der Waals surface area contributed by atoms with Crippen LogP contribution in [0.5, 0.6) is 0 Å². The molecule has 0 radical (unpaired) electrons. The van der Waals surface area contributed by atoms with Crippen molar-refractivity contribution in [2.75, 3.05) is 5.32 Å². The summed E-state index contributed by atoms with van der Waals surface area (Å²) in [7, 11) is 0. The Morgan fingerprint density at radius 1 is 1.12 bits per heavy atom. The molecule has 160 valence electrons. The van der Waals surface area contributed by atoms with Gasteiger partial charge in [0.25, 0.3) is 5.91 Å². The molecule has 1 aliphatic rings. The fourth-order valence-electron chi connectivity index (χ4n) is 4.17. The summed E-state index contributed by atoms with van der Waals surface area (Å²) in [5.41, 5.74) is 2.79. The molecule has 0 saturated carbocycles. The number of rotatable bonds is 4. The van der Waals surface area contributed by atoms with Crippen molar-refractivity contribution in [3.8, 4) is 0 Å². The highest BCUT2D eigenvalue weighted by Gasteiger charge is 2.49. The lowest BCUT2D eigenvalue weighted by molar-refractivity contribution is -0.0542. The minimum absolute atomic E-state index is 0.0797. The Bertz CT molecular complexity index is 1360. The molecule has 0 aliphatic carbocycles. The topological polar surface area (TPSA) is 119 Å². The first-order valence-corrected chi connectivity index (χ1v) is 10.1. The van der Waals surface area contributed by atoms with Crippen molar-refractivity contribution in [1.29, 1.82) is 0 Å². The summed E-state index contributed by atoms with van der Waals surface area (Å²) in [6.45, 7) is 2.21. The van der Waals surface area contributed by atoms with Crippen LogP contribution in [-0.4, -0.2) is 37.1 Å². The fraction of sp³-hybridized carbons (Fsp3) is 0.125. The van der Waals surface area contributed by atoms with Crippen LogP contribution in [0, 0.1) is 6.92 Å². The van der Waals surface area contributed by atoms with Crippen LogP contribution in [0.2, 0.25) is 0 Å². The molecular formula is C24H20N4O4. The molecule has 32 heavy (non-hydrogen) atoms. The van der Waals surface area contributed by atoms with Gasteiger partial charge in [-0.3, -0.25) is 15.0 Å². The summed E-state index contributed by atoms with van der Waals surface area (Å²) < 4.78 is 0. The van der Waals surface area contributed by atoms with Crippen LogP contribution in [0.15, 0.2) is 66.7 Å². The van der Waals surface area contributed by atoms with Crippen molar-refractivity contribution in [3.63, 3.8) is 0 Å². The predicted octanol–water partition coefficient (Wildman–Crippen LogP) is 3.81. The van der Waals surface area contributed by atoms with Gasteiger partial charge in [0.1, 0.15) is 0 Å². The van der Waals surface area contributed by atoms with E-state index in [2.05, 4.69) is 15.3 Å². The molecule has 0 spiro atoms. The van der Waals surface area contributed by atoms with Gasteiger partial charge in [0.2, 0.25) is 5.95 Å². The molecule has 1 aromatic heterocycles. The predicted molar refractivity (Wildman–Crippen MR) is 118 cm³/mol. The molecule has 8 heteroatoms. The smallest absolute Gasteiger partial charge is 0.411 e. The number of aromatic amines is 1. The number of nitrogens with one attached hydrogen (secondary N) is 2. The number of amides is 2. The maximum atomic E-state index is 13.3. The Kier molecular flexibility index (Phi) is 4.45. The summed E-state index contributed by atoms with van der Waals surface area (Å²) >= 11 is 0. The first-order valence-electron chi connectivity index (χ1n) is 10.1. The summed E-state index contributed by atoms with van der Waals surface area (Å²) in [6.07, 6.45) is -1.23. The van der Waals surface area contributed by atoms with Crippen LogP contribution in [0.1, 0.15) is 32.6 Å². The number of nitrogens with zero attached hydrogens (tertiary/aromatic N) is 2. The lowest BCUT2D eigenvalue weighted by atomic mass is 9.93. The zero-order valence-electron chi connectivity index (χ0n) is 17.2. The van der Waals surface area contributed by atoms with E-state index in [0.29, 0.717) is 27.7 Å². The van der Waals surface area contributed by atoms with Gasteiger partial charge in [-0.15, -0.1) is 0 Å². The van der Waals surface area contributed by atoms with Gasteiger partial charge >= 0.3 is 6.09 Å². The molecule has 4 aromatic rings. The Morgan fingerprint density at radius 2 is 1.88 bits per heavy atom. The molecular weight excluding hydrogens is 408 g/mol. The molecule has 1 aliphatic heterocycles. The number of hydrogen-bond acceptors (Lipinski definition) is 4. The maximum absolute atomic E-state index is 13.3. The van der Waals surface area contributed by atoms with Crippen molar-refractivity contribution in [1.82, 2.24) is 14.9 Å². The zero-order chi connectivity index (χ0) is 22.5. The van der Waals surface area contributed by atoms with E-state index in [0.717, 1.165) is 11.1 Å². The lowest BCUT2D eigenvalue weighted by Gasteiger charge is -2.35. The largest absolute Gasteiger partial charge is 0.465 e. The van der Waals surface area contributed by atoms with E-state index in [4.69, 9.17) is 5.11 Å². The molecule has 8 nitrogen and oxygen atoms in total. The van der Waals surface area contributed by atoms with Gasteiger partial charge in [-0.2, -0.15) is 0 Å². The van der Waals surface area contributed by atoms with Gasteiger partial charge < -0.3 is 15.2 Å².